The number of carbonyl (C=O) groups excluding carboxylic acids is 1. The molecule has 1 heterocycles. The van der Waals surface area contributed by atoms with Gasteiger partial charge in [-0.1, -0.05) is 228 Å². The van der Waals surface area contributed by atoms with Gasteiger partial charge in [0.15, 0.2) is 6.29 Å². The van der Waals surface area contributed by atoms with Crippen LogP contribution in [0, 0.1) is 0 Å². The van der Waals surface area contributed by atoms with Gasteiger partial charge in [-0.05, 0) is 64.2 Å². The molecular weight excluding hydrogens is 827 g/mol. The molecule has 0 radical (unpaired) electrons. The van der Waals surface area contributed by atoms with Crippen LogP contribution in [0.4, 0.5) is 0 Å². The summed E-state index contributed by atoms with van der Waals surface area (Å²) in [4.78, 5) is 13.1. The van der Waals surface area contributed by atoms with E-state index in [2.05, 4.69) is 92.1 Å². The van der Waals surface area contributed by atoms with Gasteiger partial charge in [0.05, 0.1) is 25.4 Å². The SMILES string of the molecule is CC/C=C\C/C=C\C/C=C\C/C=C\C/C=C\C/C=C\CCCCCCCCCCC(=O)NC(COC1OC(CO)C(O)C(O)C1O)C(O)CCCCCCCCCCCCCCCCCC. The summed E-state index contributed by atoms with van der Waals surface area (Å²) in [6.07, 6.45) is 56.2. The van der Waals surface area contributed by atoms with Crippen LogP contribution in [0.3, 0.4) is 0 Å². The van der Waals surface area contributed by atoms with Crippen molar-refractivity contribution >= 4 is 5.91 Å². The topological polar surface area (TPSA) is 149 Å². The molecule has 0 spiro atoms. The molecule has 1 aliphatic rings. The average molecular weight is 928 g/mol. The lowest BCUT2D eigenvalue weighted by atomic mass is 9.99. The minimum absolute atomic E-state index is 0.144. The number of amides is 1. The molecule has 9 nitrogen and oxygen atoms in total. The van der Waals surface area contributed by atoms with E-state index in [4.69, 9.17) is 9.47 Å². The van der Waals surface area contributed by atoms with E-state index in [0.717, 1.165) is 89.9 Å². The number of unbranched alkanes of at least 4 members (excludes halogenated alkanes) is 23. The van der Waals surface area contributed by atoms with Crippen molar-refractivity contribution in [3.05, 3.63) is 72.9 Å². The van der Waals surface area contributed by atoms with Crippen LogP contribution in [0.5, 0.6) is 0 Å². The summed E-state index contributed by atoms with van der Waals surface area (Å²) in [5, 5.41) is 54.6. The van der Waals surface area contributed by atoms with E-state index in [9.17, 15) is 30.3 Å². The summed E-state index contributed by atoms with van der Waals surface area (Å²) in [5.74, 6) is -0.155. The molecule has 1 aliphatic heterocycles. The normalized spacial score (nSPS) is 20.4. The zero-order valence-corrected chi connectivity index (χ0v) is 42.2. The highest BCUT2D eigenvalue weighted by atomic mass is 16.7. The molecule has 382 valence electrons. The summed E-state index contributed by atoms with van der Waals surface area (Å²) in [6, 6.07) is -0.728. The Hall–Kier alpha value is -2.37. The number of aliphatic hydroxyl groups excluding tert-OH is 5. The van der Waals surface area contributed by atoms with Crippen molar-refractivity contribution in [2.75, 3.05) is 13.2 Å². The van der Waals surface area contributed by atoms with Crippen molar-refractivity contribution in [1.29, 1.82) is 0 Å². The number of allylic oxidation sites excluding steroid dienone is 12. The zero-order chi connectivity index (χ0) is 48.0. The Kier molecular flexibility index (Phi) is 43.3. The van der Waals surface area contributed by atoms with E-state index in [-0.39, 0.29) is 12.5 Å². The van der Waals surface area contributed by atoms with E-state index in [1.807, 2.05) is 0 Å². The number of hydrogen-bond donors (Lipinski definition) is 6. The standard InChI is InChI=1S/C57H101NO8/c1-3-5-7-9-11-13-15-17-19-21-22-23-24-25-26-27-28-29-30-31-33-35-37-39-41-43-45-47-53(61)58-50(49-65-57-56(64)55(63)54(62)52(48-59)66-57)51(60)46-44-42-40-38-36-34-32-20-18-16-14-12-10-8-6-4-2/h5,7,11,13,17,19,22-23,25-26,28-29,50-52,54-57,59-60,62-64H,3-4,6,8-10,12,14-16,18,20-21,24,27,30-49H2,1-2H3,(H,58,61)/b7-5-,13-11-,19-17-,23-22-,26-25-,29-28-. The third-order valence-electron chi connectivity index (χ3n) is 12.6. The third-order valence-corrected chi connectivity index (χ3v) is 12.6. The zero-order valence-electron chi connectivity index (χ0n) is 42.2. The maximum absolute atomic E-state index is 13.1. The van der Waals surface area contributed by atoms with Crippen LogP contribution in [-0.4, -0.2) is 87.5 Å². The highest BCUT2D eigenvalue weighted by Crippen LogP contribution is 2.23. The maximum atomic E-state index is 13.1. The Balaban J connectivity index is 2.24. The van der Waals surface area contributed by atoms with Crippen molar-refractivity contribution < 1.29 is 39.8 Å². The molecule has 1 amide bonds. The summed E-state index contributed by atoms with van der Waals surface area (Å²) in [7, 11) is 0. The minimum atomic E-state index is -1.56. The monoisotopic (exact) mass is 928 g/mol. The van der Waals surface area contributed by atoms with Crippen LogP contribution in [0.25, 0.3) is 0 Å². The molecule has 0 bridgehead atoms. The summed E-state index contributed by atoms with van der Waals surface area (Å²) >= 11 is 0. The summed E-state index contributed by atoms with van der Waals surface area (Å²) < 4.78 is 11.3. The van der Waals surface area contributed by atoms with Crippen LogP contribution >= 0.6 is 0 Å². The minimum Gasteiger partial charge on any atom is -0.394 e. The molecule has 0 aromatic rings. The molecule has 7 unspecified atom stereocenters. The fraction of sp³-hybridized carbons (Fsp3) is 0.772. The molecule has 0 aromatic heterocycles. The fourth-order valence-electron chi connectivity index (χ4n) is 8.28. The van der Waals surface area contributed by atoms with E-state index in [1.165, 1.54) is 109 Å². The molecule has 1 saturated heterocycles. The lowest BCUT2D eigenvalue weighted by molar-refractivity contribution is -0.302. The highest BCUT2D eigenvalue weighted by Gasteiger charge is 2.44. The first kappa shape index (κ1) is 61.6. The smallest absolute Gasteiger partial charge is 0.220 e. The Morgan fingerprint density at radius 1 is 0.530 bits per heavy atom. The molecule has 0 saturated carbocycles. The van der Waals surface area contributed by atoms with Gasteiger partial charge in [0.2, 0.25) is 5.91 Å². The lowest BCUT2D eigenvalue weighted by Crippen LogP contribution is -2.60. The largest absolute Gasteiger partial charge is 0.394 e. The van der Waals surface area contributed by atoms with Crippen molar-refractivity contribution in [2.24, 2.45) is 0 Å². The van der Waals surface area contributed by atoms with Gasteiger partial charge >= 0.3 is 0 Å². The van der Waals surface area contributed by atoms with Crippen LogP contribution in [0.2, 0.25) is 0 Å². The number of hydrogen-bond acceptors (Lipinski definition) is 8. The summed E-state index contributed by atoms with van der Waals surface area (Å²) in [6.45, 7) is 3.72. The van der Waals surface area contributed by atoms with E-state index in [0.29, 0.717) is 12.8 Å². The Morgan fingerprint density at radius 2 is 0.939 bits per heavy atom. The summed E-state index contributed by atoms with van der Waals surface area (Å²) in [5.41, 5.74) is 0. The van der Waals surface area contributed by atoms with Gasteiger partial charge in [0.25, 0.3) is 0 Å². The maximum Gasteiger partial charge on any atom is 0.220 e. The molecule has 9 heteroatoms. The van der Waals surface area contributed by atoms with Gasteiger partial charge in [-0.3, -0.25) is 4.79 Å². The number of ether oxygens (including phenoxy) is 2. The number of nitrogens with one attached hydrogen (secondary N) is 1. The van der Waals surface area contributed by atoms with E-state index < -0.39 is 49.5 Å². The van der Waals surface area contributed by atoms with E-state index >= 15 is 0 Å². The van der Waals surface area contributed by atoms with Crippen molar-refractivity contribution in [2.45, 2.75) is 269 Å². The van der Waals surface area contributed by atoms with Gasteiger partial charge in [-0.2, -0.15) is 0 Å². The molecule has 1 rings (SSSR count). The van der Waals surface area contributed by atoms with Crippen LogP contribution in [0.15, 0.2) is 72.9 Å². The van der Waals surface area contributed by atoms with E-state index in [1.54, 1.807) is 0 Å². The predicted molar refractivity (Wildman–Crippen MR) is 276 cm³/mol. The first-order valence-corrected chi connectivity index (χ1v) is 27.1. The average Bonchev–Trinajstić information content (AvgIpc) is 3.32. The highest BCUT2D eigenvalue weighted by molar-refractivity contribution is 5.76. The molecule has 6 N–H and O–H groups in total. The van der Waals surface area contributed by atoms with Gasteiger partial charge < -0.3 is 40.3 Å². The molecular formula is C57H101NO8. The second-order valence-electron chi connectivity index (χ2n) is 18.6. The van der Waals surface area contributed by atoms with Crippen LogP contribution < -0.4 is 5.32 Å². The molecule has 7 atom stereocenters. The van der Waals surface area contributed by atoms with Crippen molar-refractivity contribution in [1.82, 2.24) is 5.32 Å². The third kappa shape index (κ3) is 35.7. The van der Waals surface area contributed by atoms with Gasteiger partial charge in [0, 0.05) is 6.42 Å². The van der Waals surface area contributed by atoms with Gasteiger partial charge in [0.1, 0.15) is 24.4 Å². The molecule has 1 fully saturated rings. The van der Waals surface area contributed by atoms with Crippen molar-refractivity contribution in [3.63, 3.8) is 0 Å². The first-order valence-electron chi connectivity index (χ1n) is 27.1. The fourth-order valence-corrected chi connectivity index (χ4v) is 8.28. The Labute approximate surface area is 404 Å². The second kappa shape index (κ2) is 46.4. The van der Waals surface area contributed by atoms with Gasteiger partial charge in [-0.25, -0.2) is 0 Å². The molecule has 0 aliphatic carbocycles. The van der Waals surface area contributed by atoms with Gasteiger partial charge in [-0.15, -0.1) is 0 Å². The molecule has 66 heavy (non-hydrogen) atoms. The van der Waals surface area contributed by atoms with Crippen LogP contribution in [-0.2, 0) is 14.3 Å². The Bertz CT molecular complexity index is 1260. The number of carbonyl (C=O) groups is 1. The molecule has 0 aromatic carbocycles. The first-order chi connectivity index (χ1) is 32.3. The number of rotatable bonds is 45. The predicted octanol–water partition coefficient (Wildman–Crippen LogP) is 12.9. The second-order valence-corrected chi connectivity index (χ2v) is 18.6. The van der Waals surface area contributed by atoms with Crippen LogP contribution in [0.1, 0.15) is 226 Å². The lowest BCUT2D eigenvalue weighted by Gasteiger charge is -2.40. The number of aliphatic hydroxyl groups is 5. The van der Waals surface area contributed by atoms with Crippen molar-refractivity contribution in [3.8, 4) is 0 Å². The quantitative estimate of drug-likeness (QED) is 0.0261. The Morgan fingerprint density at radius 3 is 1.39 bits per heavy atom.